The molecule has 0 fully saturated rings. The van der Waals surface area contributed by atoms with E-state index in [9.17, 15) is 0 Å². The third kappa shape index (κ3) is 16.2. The van der Waals surface area contributed by atoms with Crippen molar-refractivity contribution in [3.8, 4) is 6.07 Å². The molecule has 0 heterocycles. The molecule has 1 unspecified atom stereocenters. The Labute approximate surface area is 77.8 Å². The van der Waals surface area contributed by atoms with Crippen LogP contribution in [0.15, 0.2) is 0 Å². The molecule has 0 spiro atoms. The fraction of sp³-hybridized carbons (Fsp3) is 0.909. The summed E-state index contributed by atoms with van der Waals surface area (Å²) >= 11 is 0. The standard InChI is InChI=1S/C6H14.C5H9N/c1-3-5-6-4-2;1-3-5(2)4-6/h3-6H2,1-2H3;5H,3H2,1-2H3. The molecule has 0 aromatic carbocycles. The van der Waals surface area contributed by atoms with Crippen LogP contribution in [0.2, 0.25) is 0 Å². The Morgan fingerprint density at radius 1 is 1.08 bits per heavy atom. The van der Waals surface area contributed by atoms with Crippen molar-refractivity contribution in [3.63, 3.8) is 0 Å². The highest BCUT2D eigenvalue weighted by Gasteiger charge is 1.88. The first kappa shape index (κ1) is 14.0. The van der Waals surface area contributed by atoms with Crippen LogP contribution in [0, 0.1) is 17.2 Å². The van der Waals surface area contributed by atoms with E-state index in [0.29, 0.717) is 0 Å². The third-order valence-corrected chi connectivity index (χ3v) is 1.79. The zero-order valence-electron chi connectivity index (χ0n) is 9.06. The first-order valence-electron chi connectivity index (χ1n) is 5.12. The lowest BCUT2D eigenvalue weighted by molar-refractivity contribution is 0.702. The highest BCUT2D eigenvalue weighted by atomic mass is 14.2. The van der Waals surface area contributed by atoms with E-state index < -0.39 is 0 Å². The summed E-state index contributed by atoms with van der Waals surface area (Å²) in [5.41, 5.74) is 0. The van der Waals surface area contributed by atoms with Crippen LogP contribution in [0.3, 0.4) is 0 Å². The van der Waals surface area contributed by atoms with E-state index in [2.05, 4.69) is 19.9 Å². The molecule has 0 aromatic heterocycles. The van der Waals surface area contributed by atoms with E-state index in [0.717, 1.165) is 6.42 Å². The molecule has 72 valence electrons. The summed E-state index contributed by atoms with van der Waals surface area (Å²) in [5.74, 6) is 0.241. The Morgan fingerprint density at radius 3 is 1.58 bits per heavy atom. The molecule has 1 nitrogen and oxygen atoms in total. The van der Waals surface area contributed by atoms with Gasteiger partial charge in [0, 0.05) is 5.92 Å². The fourth-order valence-corrected chi connectivity index (χ4v) is 0.591. The molecule has 0 aliphatic rings. The highest BCUT2D eigenvalue weighted by molar-refractivity contribution is 4.76. The topological polar surface area (TPSA) is 23.8 Å². The summed E-state index contributed by atoms with van der Waals surface area (Å²) in [6, 6.07) is 2.11. The van der Waals surface area contributed by atoms with E-state index in [-0.39, 0.29) is 5.92 Å². The van der Waals surface area contributed by atoms with E-state index in [1.54, 1.807) is 0 Å². The van der Waals surface area contributed by atoms with Crippen molar-refractivity contribution in [1.29, 1.82) is 5.26 Å². The molecule has 1 atom stereocenters. The van der Waals surface area contributed by atoms with Gasteiger partial charge in [0.1, 0.15) is 0 Å². The predicted molar refractivity (Wildman–Crippen MR) is 54.9 cm³/mol. The second kappa shape index (κ2) is 13.1. The Morgan fingerprint density at radius 2 is 1.50 bits per heavy atom. The van der Waals surface area contributed by atoms with Crippen molar-refractivity contribution >= 4 is 0 Å². The van der Waals surface area contributed by atoms with E-state index in [4.69, 9.17) is 5.26 Å². The smallest absolute Gasteiger partial charge is 0.0652 e. The highest BCUT2D eigenvalue weighted by Crippen LogP contribution is 1.95. The van der Waals surface area contributed by atoms with Crippen molar-refractivity contribution < 1.29 is 0 Å². The van der Waals surface area contributed by atoms with Crippen LogP contribution in [-0.2, 0) is 0 Å². The molecule has 0 aliphatic carbocycles. The maximum Gasteiger partial charge on any atom is 0.0652 e. The van der Waals surface area contributed by atoms with Crippen LogP contribution in [-0.4, -0.2) is 0 Å². The molecular formula is C11H23N. The summed E-state index contributed by atoms with van der Waals surface area (Å²) in [4.78, 5) is 0. The summed E-state index contributed by atoms with van der Waals surface area (Å²) in [7, 11) is 0. The fourth-order valence-electron chi connectivity index (χ4n) is 0.591. The maximum atomic E-state index is 8.08. The van der Waals surface area contributed by atoms with E-state index in [1.165, 1.54) is 25.7 Å². The van der Waals surface area contributed by atoms with E-state index >= 15 is 0 Å². The summed E-state index contributed by atoms with van der Waals surface area (Å²) in [6.45, 7) is 8.39. The molecule has 0 rings (SSSR count). The Bertz CT molecular complexity index is 98.1. The predicted octanol–water partition coefficient (Wildman–Crippen LogP) is 4.14. The van der Waals surface area contributed by atoms with Gasteiger partial charge < -0.3 is 0 Å². The molecule has 1 heteroatoms. The first-order valence-corrected chi connectivity index (χ1v) is 5.12. The number of hydrogen-bond donors (Lipinski definition) is 0. The number of nitrogens with zero attached hydrogens (tertiary/aromatic N) is 1. The number of nitriles is 1. The van der Waals surface area contributed by atoms with Crippen LogP contribution in [0.5, 0.6) is 0 Å². The summed E-state index contributed by atoms with van der Waals surface area (Å²) in [5, 5.41) is 8.08. The molecule has 0 N–H and O–H groups in total. The van der Waals surface area contributed by atoms with Crippen molar-refractivity contribution in [1.82, 2.24) is 0 Å². The third-order valence-electron chi connectivity index (χ3n) is 1.79. The Balaban J connectivity index is 0. The first-order chi connectivity index (χ1) is 5.72. The molecule has 0 aromatic rings. The molecule has 0 bridgehead atoms. The average molecular weight is 169 g/mol. The van der Waals surface area contributed by atoms with Gasteiger partial charge in [0.15, 0.2) is 0 Å². The molecule has 0 saturated carbocycles. The minimum absolute atomic E-state index is 0.241. The van der Waals surface area contributed by atoms with Gasteiger partial charge in [0.05, 0.1) is 6.07 Å². The van der Waals surface area contributed by atoms with Gasteiger partial charge in [-0.15, -0.1) is 0 Å². The van der Waals surface area contributed by atoms with E-state index in [1.807, 2.05) is 13.8 Å². The van der Waals surface area contributed by atoms with Gasteiger partial charge in [-0.25, -0.2) is 0 Å². The van der Waals surface area contributed by atoms with Crippen LogP contribution in [0.25, 0.3) is 0 Å². The number of hydrogen-bond acceptors (Lipinski definition) is 1. The number of unbranched alkanes of at least 4 members (excludes halogenated alkanes) is 3. The molecule has 0 saturated heterocycles. The SMILES string of the molecule is CCC(C)C#N.CCCCCC. The average Bonchev–Trinajstić information content (AvgIpc) is 2.14. The van der Waals surface area contributed by atoms with Gasteiger partial charge >= 0.3 is 0 Å². The molecular weight excluding hydrogens is 146 g/mol. The van der Waals surface area contributed by atoms with Crippen molar-refractivity contribution in [2.24, 2.45) is 5.92 Å². The minimum Gasteiger partial charge on any atom is -0.198 e. The molecule has 0 aliphatic heterocycles. The van der Waals surface area contributed by atoms with Crippen LogP contribution < -0.4 is 0 Å². The zero-order valence-corrected chi connectivity index (χ0v) is 9.06. The minimum atomic E-state index is 0.241. The van der Waals surface area contributed by atoms with Crippen LogP contribution in [0.4, 0.5) is 0 Å². The lowest BCUT2D eigenvalue weighted by Crippen LogP contribution is -1.81. The van der Waals surface area contributed by atoms with Crippen LogP contribution >= 0.6 is 0 Å². The van der Waals surface area contributed by atoms with Gasteiger partial charge in [-0.2, -0.15) is 5.26 Å². The monoisotopic (exact) mass is 169 g/mol. The quantitative estimate of drug-likeness (QED) is 0.580. The summed E-state index contributed by atoms with van der Waals surface area (Å²) in [6.07, 6.45) is 6.51. The molecule has 12 heavy (non-hydrogen) atoms. The normalized spacial score (nSPS) is 10.9. The Hall–Kier alpha value is -0.510. The van der Waals surface area contributed by atoms with Gasteiger partial charge in [0.2, 0.25) is 0 Å². The van der Waals surface area contributed by atoms with Gasteiger partial charge in [-0.3, -0.25) is 0 Å². The van der Waals surface area contributed by atoms with Gasteiger partial charge in [0.25, 0.3) is 0 Å². The zero-order chi connectivity index (χ0) is 9.82. The maximum absolute atomic E-state index is 8.08. The van der Waals surface area contributed by atoms with Crippen molar-refractivity contribution in [2.45, 2.75) is 59.8 Å². The lowest BCUT2D eigenvalue weighted by atomic mass is 10.2. The summed E-state index contributed by atoms with van der Waals surface area (Å²) < 4.78 is 0. The van der Waals surface area contributed by atoms with Gasteiger partial charge in [-0.1, -0.05) is 46.5 Å². The second-order valence-corrected chi connectivity index (χ2v) is 3.15. The van der Waals surface area contributed by atoms with Crippen LogP contribution in [0.1, 0.15) is 59.8 Å². The largest absolute Gasteiger partial charge is 0.198 e. The second-order valence-electron chi connectivity index (χ2n) is 3.15. The lowest BCUT2D eigenvalue weighted by Gasteiger charge is -1.87. The van der Waals surface area contributed by atoms with Crippen molar-refractivity contribution in [3.05, 3.63) is 0 Å². The Kier molecular flexibility index (Phi) is 15.3. The van der Waals surface area contributed by atoms with Crippen molar-refractivity contribution in [2.75, 3.05) is 0 Å². The number of rotatable bonds is 4. The molecule has 0 amide bonds. The molecule has 0 radical (unpaired) electrons. The van der Waals surface area contributed by atoms with Gasteiger partial charge in [-0.05, 0) is 13.3 Å².